The number of benzene rings is 1. The van der Waals surface area contributed by atoms with Gasteiger partial charge in [0, 0.05) is 12.3 Å². The molecule has 0 radical (unpaired) electrons. The van der Waals surface area contributed by atoms with Crippen LogP contribution in [0.3, 0.4) is 0 Å². The number of carbonyl (C=O) groups is 1. The Bertz CT molecular complexity index is 830. The van der Waals surface area contributed by atoms with Crippen LogP contribution in [-0.2, 0) is 21.5 Å². The van der Waals surface area contributed by atoms with Crippen molar-refractivity contribution in [3.63, 3.8) is 0 Å². The molecular formula is C22H26N2O3. The van der Waals surface area contributed by atoms with Crippen molar-refractivity contribution in [1.82, 2.24) is 4.90 Å². The van der Waals surface area contributed by atoms with Crippen LogP contribution in [0.5, 0.6) is 0 Å². The number of nitrogens with zero attached hydrogens (tertiary/aromatic N) is 1. The number of piperidine rings is 1. The lowest BCUT2D eigenvalue weighted by molar-refractivity contribution is -0.122. The molecule has 2 saturated heterocycles. The summed E-state index contributed by atoms with van der Waals surface area (Å²) in [5.41, 5.74) is 1.81. The van der Waals surface area contributed by atoms with E-state index in [2.05, 4.69) is 28.4 Å². The van der Waals surface area contributed by atoms with Crippen molar-refractivity contribution in [1.29, 1.82) is 0 Å². The van der Waals surface area contributed by atoms with E-state index >= 15 is 0 Å². The van der Waals surface area contributed by atoms with Gasteiger partial charge >= 0.3 is 0 Å². The van der Waals surface area contributed by atoms with Gasteiger partial charge in [0.05, 0.1) is 12.0 Å². The Morgan fingerprint density at radius 1 is 1.11 bits per heavy atom. The number of anilines is 1. The molecule has 4 heterocycles. The highest BCUT2D eigenvalue weighted by Crippen LogP contribution is 2.44. The molecule has 142 valence electrons. The first-order valence-electron chi connectivity index (χ1n) is 10.1. The zero-order chi connectivity index (χ0) is 18.3. The standard InChI is InChI=1S/C22H26N2O3/c25-21-22(17-5-1-2-6-18(17)23-21)10-12-24(13-11-22)15-16-8-9-20(27-16)19-7-3-4-14-26-19/h1-2,5-6,8-9,19H,3-4,7,10-15H2,(H,23,25)/t19-/m0/s1. The van der Waals surface area contributed by atoms with Crippen LogP contribution in [0.15, 0.2) is 40.8 Å². The number of ether oxygens (including phenoxy) is 1. The van der Waals surface area contributed by atoms with Gasteiger partial charge in [-0.3, -0.25) is 9.69 Å². The first-order chi connectivity index (χ1) is 13.2. The molecule has 1 aromatic heterocycles. The maximum Gasteiger partial charge on any atom is 0.235 e. The average Bonchev–Trinajstić information content (AvgIpc) is 3.28. The lowest BCUT2D eigenvalue weighted by Gasteiger charge is -2.37. The minimum absolute atomic E-state index is 0.121. The molecular weight excluding hydrogens is 340 g/mol. The number of rotatable bonds is 3. The smallest absolute Gasteiger partial charge is 0.235 e. The van der Waals surface area contributed by atoms with Gasteiger partial charge < -0.3 is 14.5 Å². The molecule has 0 aliphatic carbocycles. The maximum absolute atomic E-state index is 12.7. The van der Waals surface area contributed by atoms with E-state index in [-0.39, 0.29) is 17.4 Å². The number of likely N-dealkylation sites (tertiary alicyclic amines) is 1. The molecule has 1 atom stereocenters. The Morgan fingerprint density at radius 2 is 1.96 bits per heavy atom. The molecule has 27 heavy (non-hydrogen) atoms. The monoisotopic (exact) mass is 366 g/mol. The molecule has 1 N–H and O–H groups in total. The summed E-state index contributed by atoms with van der Waals surface area (Å²) in [4.78, 5) is 15.1. The molecule has 3 aliphatic heterocycles. The van der Waals surface area contributed by atoms with E-state index < -0.39 is 0 Å². The number of para-hydroxylation sites is 1. The van der Waals surface area contributed by atoms with Crippen molar-refractivity contribution in [3.05, 3.63) is 53.5 Å². The van der Waals surface area contributed by atoms with Crippen molar-refractivity contribution in [2.45, 2.75) is 50.2 Å². The molecule has 2 fully saturated rings. The fourth-order valence-electron chi connectivity index (χ4n) is 4.80. The predicted octanol–water partition coefficient (Wildman–Crippen LogP) is 4.01. The SMILES string of the molecule is O=C1Nc2ccccc2C12CCN(Cc1ccc([C@@H]3CCCCO3)o1)CC2. The van der Waals surface area contributed by atoms with E-state index in [1.165, 1.54) is 12.0 Å². The highest BCUT2D eigenvalue weighted by atomic mass is 16.5. The Labute approximate surface area is 159 Å². The summed E-state index contributed by atoms with van der Waals surface area (Å²) in [5, 5.41) is 3.07. The van der Waals surface area contributed by atoms with Crippen LogP contribution in [0.2, 0.25) is 0 Å². The van der Waals surface area contributed by atoms with Crippen LogP contribution in [0.25, 0.3) is 0 Å². The first kappa shape index (κ1) is 17.0. The molecule has 0 unspecified atom stereocenters. The molecule has 2 aromatic rings. The van der Waals surface area contributed by atoms with E-state index in [0.29, 0.717) is 0 Å². The van der Waals surface area contributed by atoms with Gasteiger partial charge in [0.25, 0.3) is 0 Å². The quantitative estimate of drug-likeness (QED) is 0.892. The Hall–Kier alpha value is -2.11. The van der Waals surface area contributed by atoms with Gasteiger partial charge in [-0.1, -0.05) is 18.2 Å². The van der Waals surface area contributed by atoms with E-state index in [9.17, 15) is 4.79 Å². The van der Waals surface area contributed by atoms with Crippen LogP contribution in [0, 0.1) is 0 Å². The van der Waals surface area contributed by atoms with Crippen LogP contribution in [-0.4, -0.2) is 30.5 Å². The third-order valence-electron chi connectivity index (χ3n) is 6.39. The zero-order valence-electron chi connectivity index (χ0n) is 15.6. The van der Waals surface area contributed by atoms with Crippen LogP contribution >= 0.6 is 0 Å². The number of nitrogens with one attached hydrogen (secondary N) is 1. The molecule has 0 saturated carbocycles. The number of furan rings is 1. The van der Waals surface area contributed by atoms with Crippen LogP contribution in [0.1, 0.15) is 55.3 Å². The lowest BCUT2D eigenvalue weighted by Crippen LogP contribution is -2.46. The summed E-state index contributed by atoms with van der Waals surface area (Å²) in [5.74, 6) is 2.12. The minimum atomic E-state index is -0.350. The van der Waals surface area contributed by atoms with Crippen molar-refractivity contribution in [2.75, 3.05) is 25.0 Å². The Kier molecular flexibility index (Phi) is 4.29. The van der Waals surface area contributed by atoms with Crippen LogP contribution < -0.4 is 5.32 Å². The van der Waals surface area contributed by atoms with E-state index in [1.807, 2.05) is 18.2 Å². The maximum atomic E-state index is 12.7. The number of fused-ring (bicyclic) bond motifs is 2. The number of carbonyl (C=O) groups excluding carboxylic acids is 1. The third-order valence-corrected chi connectivity index (χ3v) is 6.39. The number of hydrogen-bond acceptors (Lipinski definition) is 4. The fourth-order valence-corrected chi connectivity index (χ4v) is 4.80. The Morgan fingerprint density at radius 3 is 2.78 bits per heavy atom. The van der Waals surface area contributed by atoms with Crippen molar-refractivity contribution < 1.29 is 13.9 Å². The molecule has 3 aliphatic rings. The summed E-state index contributed by atoms with van der Waals surface area (Å²) in [7, 11) is 0. The van der Waals surface area contributed by atoms with Gasteiger partial charge in [-0.05, 0) is 69.0 Å². The second-order valence-electron chi connectivity index (χ2n) is 8.02. The zero-order valence-corrected chi connectivity index (χ0v) is 15.6. The van der Waals surface area contributed by atoms with Crippen molar-refractivity contribution in [3.8, 4) is 0 Å². The first-order valence-corrected chi connectivity index (χ1v) is 10.1. The number of hydrogen-bond donors (Lipinski definition) is 1. The minimum Gasteiger partial charge on any atom is -0.462 e. The molecule has 5 nitrogen and oxygen atoms in total. The van der Waals surface area contributed by atoms with Crippen molar-refractivity contribution >= 4 is 11.6 Å². The lowest BCUT2D eigenvalue weighted by atomic mass is 9.73. The molecule has 1 spiro atoms. The van der Waals surface area contributed by atoms with Gasteiger partial charge in [-0.25, -0.2) is 0 Å². The van der Waals surface area contributed by atoms with Crippen molar-refractivity contribution in [2.24, 2.45) is 0 Å². The normalized spacial score (nSPS) is 24.7. The van der Waals surface area contributed by atoms with Gasteiger partial charge in [0.15, 0.2) is 0 Å². The van der Waals surface area contributed by atoms with E-state index in [4.69, 9.17) is 9.15 Å². The van der Waals surface area contributed by atoms with Crippen LogP contribution in [0.4, 0.5) is 5.69 Å². The largest absolute Gasteiger partial charge is 0.462 e. The molecule has 5 rings (SSSR count). The second-order valence-corrected chi connectivity index (χ2v) is 8.02. The highest BCUT2D eigenvalue weighted by molar-refractivity contribution is 6.06. The summed E-state index contributed by atoms with van der Waals surface area (Å²) < 4.78 is 11.9. The summed E-state index contributed by atoms with van der Waals surface area (Å²) in [6.45, 7) is 3.43. The number of amides is 1. The Balaban J connectivity index is 1.24. The van der Waals surface area contributed by atoms with Gasteiger partial charge in [0.2, 0.25) is 5.91 Å². The summed E-state index contributed by atoms with van der Waals surface area (Å²) >= 11 is 0. The predicted molar refractivity (Wildman–Crippen MR) is 103 cm³/mol. The third kappa shape index (κ3) is 2.99. The molecule has 0 bridgehead atoms. The average molecular weight is 366 g/mol. The summed E-state index contributed by atoms with van der Waals surface area (Å²) in [6.07, 6.45) is 5.24. The summed E-state index contributed by atoms with van der Waals surface area (Å²) in [6, 6.07) is 12.3. The van der Waals surface area contributed by atoms with Gasteiger partial charge in [0.1, 0.15) is 17.6 Å². The van der Waals surface area contributed by atoms with E-state index in [1.54, 1.807) is 0 Å². The van der Waals surface area contributed by atoms with Gasteiger partial charge in [-0.2, -0.15) is 0 Å². The molecule has 5 heteroatoms. The fraction of sp³-hybridized carbons (Fsp3) is 0.500. The van der Waals surface area contributed by atoms with Gasteiger partial charge in [-0.15, -0.1) is 0 Å². The molecule has 1 amide bonds. The topological polar surface area (TPSA) is 54.7 Å². The highest BCUT2D eigenvalue weighted by Gasteiger charge is 2.48. The second kappa shape index (κ2) is 6.80. The molecule has 1 aromatic carbocycles. The van der Waals surface area contributed by atoms with E-state index in [0.717, 1.165) is 69.1 Å².